The number of benzene rings is 1. The fourth-order valence-electron chi connectivity index (χ4n) is 3.59. The van der Waals surface area contributed by atoms with Gasteiger partial charge in [-0.1, -0.05) is 26.0 Å². The normalized spacial score (nSPS) is 17.6. The molecule has 2 unspecified atom stereocenters. The summed E-state index contributed by atoms with van der Waals surface area (Å²) in [5.74, 6) is 1.19. The molecular weight excluding hydrogens is 392 g/mol. The van der Waals surface area contributed by atoms with Crippen molar-refractivity contribution in [3.63, 3.8) is 0 Å². The minimum Gasteiger partial charge on any atom is -0.378 e. The Hall–Kier alpha value is -2.12. The standard InChI is InChI=1S/C24H40N4O3/c1-5-25-24(26-13-12-22(18(3)4)30-6-2)28-16-19-9-7-10-20(15-19)23(29)27-17-21-11-8-14-31-21/h7,9-10,15,18,21-22H,5-6,8,11-14,16-17H2,1-4H3,(H,27,29)(H2,25,26,28). The molecule has 0 spiro atoms. The SMILES string of the molecule is CCNC(=NCc1cccc(C(=O)NCC2CCCO2)c1)NCCC(OCC)C(C)C. The first-order chi connectivity index (χ1) is 15.0. The van der Waals surface area contributed by atoms with E-state index in [1.54, 1.807) is 0 Å². The zero-order valence-electron chi connectivity index (χ0n) is 19.6. The summed E-state index contributed by atoms with van der Waals surface area (Å²) in [5.41, 5.74) is 1.65. The molecule has 3 N–H and O–H groups in total. The zero-order valence-corrected chi connectivity index (χ0v) is 19.6. The van der Waals surface area contributed by atoms with Gasteiger partial charge >= 0.3 is 0 Å². The molecule has 0 aromatic heterocycles. The second kappa shape index (κ2) is 14.0. The summed E-state index contributed by atoms with van der Waals surface area (Å²) in [5, 5.41) is 9.65. The Labute approximate surface area is 187 Å². The number of hydrogen-bond acceptors (Lipinski definition) is 4. The number of aliphatic imine (C=N–C) groups is 1. The fourth-order valence-corrected chi connectivity index (χ4v) is 3.59. The van der Waals surface area contributed by atoms with Crippen molar-refractivity contribution in [3.8, 4) is 0 Å². The topological polar surface area (TPSA) is 84.0 Å². The van der Waals surface area contributed by atoms with Crippen LogP contribution in [0.5, 0.6) is 0 Å². The van der Waals surface area contributed by atoms with Gasteiger partial charge in [0.1, 0.15) is 0 Å². The lowest BCUT2D eigenvalue weighted by molar-refractivity contribution is 0.0258. The molecule has 7 nitrogen and oxygen atoms in total. The van der Waals surface area contributed by atoms with E-state index >= 15 is 0 Å². The first-order valence-corrected chi connectivity index (χ1v) is 11.7. The minimum atomic E-state index is -0.0676. The van der Waals surface area contributed by atoms with Crippen LogP contribution in [0.15, 0.2) is 29.3 Å². The van der Waals surface area contributed by atoms with Crippen LogP contribution in [0.4, 0.5) is 0 Å². The molecule has 7 heteroatoms. The van der Waals surface area contributed by atoms with Gasteiger partial charge in [0.25, 0.3) is 5.91 Å². The molecule has 31 heavy (non-hydrogen) atoms. The van der Waals surface area contributed by atoms with Gasteiger partial charge in [0, 0.05) is 38.4 Å². The Kier molecular flexibility index (Phi) is 11.4. The highest BCUT2D eigenvalue weighted by Crippen LogP contribution is 2.12. The third-order valence-electron chi connectivity index (χ3n) is 5.31. The number of rotatable bonds is 12. The number of amides is 1. The number of ether oxygens (including phenoxy) is 2. The Balaban J connectivity index is 1.87. The molecule has 1 fully saturated rings. The van der Waals surface area contributed by atoms with Gasteiger partial charge in [-0.15, -0.1) is 0 Å². The van der Waals surface area contributed by atoms with Crippen LogP contribution in [0, 0.1) is 5.92 Å². The van der Waals surface area contributed by atoms with E-state index in [0.29, 0.717) is 24.6 Å². The van der Waals surface area contributed by atoms with Gasteiger partial charge in [-0.2, -0.15) is 0 Å². The van der Waals surface area contributed by atoms with E-state index in [4.69, 9.17) is 9.47 Å². The van der Waals surface area contributed by atoms with Crippen molar-refractivity contribution < 1.29 is 14.3 Å². The molecule has 1 heterocycles. The van der Waals surface area contributed by atoms with Gasteiger partial charge in [0.05, 0.1) is 18.8 Å². The molecule has 1 aromatic carbocycles. The van der Waals surface area contributed by atoms with Crippen molar-refractivity contribution in [2.45, 2.75) is 65.7 Å². The number of carbonyl (C=O) groups is 1. The molecule has 0 aliphatic carbocycles. The van der Waals surface area contributed by atoms with E-state index in [2.05, 4.69) is 34.8 Å². The van der Waals surface area contributed by atoms with Crippen molar-refractivity contribution in [3.05, 3.63) is 35.4 Å². The largest absolute Gasteiger partial charge is 0.378 e. The van der Waals surface area contributed by atoms with Crippen molar-refractivity contribution in [1.29, 1.82) is 0 Å². The second-order valence-electron chi connectivity index (χ2n) is 8.19. The Morgan fingerprint density at radius 2 is 2.10 bits per heavy atom. The number of nitrogens with zero attached hydrogens (tertiary/aromatic N) is 1. The second-order valence-corrected chi connectivity index (χ2v) is 8.19. The van der Waals surface area contributed by atoms with Crippen molar-refractivity contribution in [1.82, 2.24) is 16.0 Å². The molecule has 1 saturated heterocycles. The van der Waals surface area contributed by atoms with Gasteiger partial charge in [-0.05, 0) is 56.7 Å². The summed E-state index contributed by atoms with van der Waals surface area (Å²) in [6.45, 7) is 12.6. The van der Waals surface area contributed by atoms with Gasteiger partial charge in [0.2, 0.25) is 0 Å². The molecule has 1 aliphatic heterocycles. The number of hydrogen-bond donors (Lipinski definition) is 3. The lowest BCUT2D eigenvalue weighted by Crippen LogP contribution is -2.39. The lowest BCUT2D eigenvalue weighted by atomic mass is 10.0. The third kappa shape index (κ3) is 9.27. The first kappa shape index (κ1) is 25.1. The highest BCUT2D eigenvalue weighted by atomic mass is 16.5. The van der Waals surface area contributed by atoms with Crippen LogP contribution in [-0.2, 0) is 16.0 Å². The summed E-state index contributed by atoms with van der Waals surface area (Å²) in [4.78, 5) is 17.2. The highest BCUT2D eigenvalue weighted by Gasteiger charge is 2.17. The van der Waals surface area contributed by atoms with Crippen LogP contribution in [0.2, 0.25) is 0 Å². The maximum absolute atomic E-state index is 12.5. The lowest BCUT2D eigenvalue weighted by Gasteiger charge is -2.21. The summed E-state index contributed by atoms with van der Waals surface area (Å²) >= 11 is 0. The molecule has 0 saturated carbocycles. The van der Waals surface area contributed by atoms with Gasteiger partial charge in [-0.3, -0.25) is 4.79 Å². The maximum Gasteiger partial charge on any atom is 0.251 e. The van der Waals surface area contributed by atoms with Gasteiger partial charge in [-0.25, -0.2) is 4.99 Å². The summed E-state index contributed by atoms with van der Waals surface area (Å²) in [6.07, 6.45) is 3.39. The van der Waals surface area contributed by atoms with Crippen molar-refractivity contribution >= 4 is 11.9 Å². The number of nitrogens with one attached hydrogen (secondary N) is 3. The van der Waals surface area contributed by atoms with Gasteiger partial charge in [0.15, 0.2) is 5.96 Å². The highest BCUT2D eigenvalue weighted by molar-refractivity contribution is 5.94. The molecule has 2 atom stereocenters. The van der Waals surface area contributed by atoms with Crippen molar-refractivity contribution in [2.24, 2.45) is 10.9 Å². The first-order valence-electron chi connectivity index (χ1n) is 11.7. The maximum atomic E-state index is 12.5. The van der Waals surface area contributed by atoms with E-state index in [1.165, 1.54) is 0 Å². The third-order valence-corrected chi connectivity index (χ3v) is 5.31. The summed E-state index contributed by atoms with van der Waals surface area (Å²) < 4.78 is 11.4. The van der Waals surface area contributed by atoms with E-state index in [1.807, 2.05) is 38.1 Å². The smallest absolute Gasteiger partial charge is 0.251 e. The predicted octanol–water partition coefficient (Wildman–Crippen LogP) is 3.10. The fraction of sp³-hybridized carbons (Fsp3) is 0.667. The molecule has 174 valence electrons. The Morgan fingerprint density at radius 1 is 1.26 bits per heavy atom. The molecule has 2 rings (SSSR count). The molecule has 0 radical (unpaired) electrons. The van der Waals surface area contributed by atoms with E-state index in [9.17, 15) is 4.79 Å². The quantitative estimate of drug-likeness (QED) is 0.349. The number of carbonyl (C=O) groups excluding carboxylic acids is 1. The molecular formula is C24H40N4O3. The zero-order chi connectivity index (χ0) is 22.5. The van der Waals surface area contributed by atoms with Crippen LogP contribution in [0.3, 0.4) is 0 Å². The summed E-state index contributed by atoms with van der Waals surface area (Å²) in [6, 6.07) is 7.64. The summed E-state index contributed by atoms with van der Waals surface area (Å²) in [7, 11) is 0. The molecule has 1 amide bonds. The van der Waals surface area contributed by atoms with Crippen LogP contribution in [0.1, 0.15) is 62.9 Å². The molecule has 1 aliphatic rings. The van der Waals surface area contributed by atoms with Gasteiger partial charge < -0.3 is 25.4 Å². The predicted molar refractivity (Wildman–Crippen MR) is 125 cm³/mol. The molecule has 1 aromatic rings. The Bertz CT molecular complexity index is 687. The van der Waals surface area contributed by atoms with Crippen molar-refractivity contribution in [2.75, 3.05) is 32.8 Å². The van der Waals surface area contributed by atoms with Crippen LogP contribution >= 0.6 is 0 Å². The van der Waals surface area contributed by atoms with E-state index < -0.39 is 0 Å². The van der Waals surface area contributed by atoms with E-state index in [-0.39, 0.29) is 18.1 Å². The minimum absolute atomic E-state index is 0.0676. The molecule has 0 bridgehead atoms. The van der Waals surface area contributed by atoms with Crippen LogP contribution in [-0.4, -0.2) is 56.9 Å². The average molecular weight is 433 g/mol. The van der Waals surface area contributed by atoms with E-state index in [0.717, 1.165) is 57.1 Å². The Morgan fingerprint density at radius 3 is 2.77 bits per heavy atom. The van der Waals surface area contributed by atoms with Crippen LogP contribution < -0.4 is 16.0 Å². The average Bonchev–Trinajstić information content (AvgIpc) is 3.29. The van der Waals surface area contributed by atoms with Crippen LogP contribution in [0.25, 0.3) is 0 Å². The number of guanidine groups is 1. The monoisotopic (exact) mass is 432 g/mol.